The van der Waals surface area contributed by atoms with Crippen LogP contribution in [0.3, 0.4) is 0 Å². The van der Waals surface area contributed by atoms with Gasteiger partial charge in [0.1, 0.15) is 23.1 Å². The third kappa shape index (κ3) is 17.4. The van der Waals surface area contributed by atoms with Crippen molar-refractivity contribution in [1.29, 1.82) is 0 Å². The number of halogens is 3. The molecule has 324 valence electrons. The van der Waals surface area contributed by atoms with Crippen LogP contribution < -0.4 is 16.2 Å². The van der Waals surface area contributed by atoms with Gasteiger partial charge in [-0.05, 0) is 71.5 Å². The summed E-state index contributed by atoms with van der Waals surface area (Å²) in [5, 5.41) is 31.4. The van der Waals surface area contributed by atoms with E-state index in [0.29, 0.717) is 36.4 Å². The largest absolute Gasteiger partial charge is 0.507 e. The Morgan fingerprint density at radius 1 is 0.656 bits per heavy atom. The van der Waals surface area contributed by atoms with E-state index in [1.54, 1.807) is 48.6 Å². The number of benzene rings is 4. The lowest BCUT2D eigenvalue weighted by Crippen LogP contribution is -2.48. The Labute approximate surface area is 361 Å². The minimum atomic E-state index is -0.225. The molecular formula is C46H55ClF2N8O4. The fourth-order valence-electron chi connectivity index (χ4n) is 6.29. The number of phenols is 2. The molecule has 2 fully saturated rings. The number of amides is 2. The minimum Gasteiger partial charge on any atom is -0.507 e. The zero-order valence-corrected chi connectivity index (χ0v) is 35.0. The molecule has 6 rings (SSSR count). The van der Waals surface area contributed by atoms with E-state index in [0.717, 1.165) is 81.2 Å². The van der Waals surface area contributed by atoms with Crippen molar-refractivity contribution in [2.75, 3.05) is 65.4 Å². The second kappa shape index (κ2) is 26.4. The second-order valence-corrected chi connectivity index (χ2v) is 14.5. The number of carbonyl (C=O) groups excluding carboxylic acids is 2. The normalized spacial score (nSPS) is 14.7. The van der Waals surface area contributed by atoms with Gasteiger partial charge in [0.25, 0.3) is 11.8 Å². The summed E-state index contributed by atoms with van der Waals surface area (Å²) in [4.78, 5) is 30.4. The number of carbonyl (C=O) groups is 2. The van der Waals surface area contributed by atoms with Crippen molar-refractivity contribution >= 4 is 35.8 Å². The maximum absolute atomic E-state index is 13.0. The predicted octanol–water partition coefficient (Wildman–Crippen LogP) is 5.57. The van der Waals surface area contributed by atoms with Gasteiger partial charge < -0.3 is 15.5 Å². The van der Waals surface area contributed by atoms with Crippen LogP contribution in [-0.2, 0) is 34.9 Å². The third-order valence-corrected chi connectivity index (χ3v) is 9.92. The van der Waals surface area contributed by atoms with E-state index in [-0.39, 0.29) is 41.5 Å². The van der Waals surface area contributed by atoms with Crippen molar-refractivity contribution in [3.05, 3.63) is 155 Å². The Hall–Kier alpha value is -5.77. The minimum absolute atomic E-state index is 0.146. The van der Waals surface area contributed by atoms with Crippen LogP contribution in [0.25, 0.3) is 0 Å². The fraction of sp³-hybridized carbons (Fsp3) is 0.304. The Balaban J connectivity index is 0.000000230. The zero-order chi connectivity index (χ0) is 43.8. The van der Waals surface area contributed by atoms with Crippen molar-refractivity contribution in [3.8, 4) is 11.5 Å². The summed E-state index contributed by atoms with van der Waals surface area (Å²) in [7, 11) is 0. The molecule has 15 heteroatoms. The molecule has 0 spiro atoms. The molecule has 0 radical (unpaired) electrons. The van der Waals surface area contributed by atoms with Gasteiger partial charge in [0.15, 0.2) is 0 Å². The molecule has 0 bridgehead atoms. The van der Waals surface area contributed by atoms with Gasteiger partial charge in [0.05, 0.1) is 25.5 Å². The van der Waals surface area contributed by atoms with Gasteiger partial charge in [-0.3, -0.25) is 24.3 Å². The molecule has 61 heavy (non-hydrogen) atoms. The molecule has 4 aromatic carbocycles. The van der Waals surface area contributed by atoms with E-state index in [1.807, 2.05) is 24.3 Å². The number of piperazine rings is 2. The number of rotatable bonds is 15. The molecule has 2 heterocycles. The van der Waals surface area contributed by atoms with E-state index in [1.165, 1.54) is 36.7 Å². The summed E-state index contributed by atoms with van der Waals surface area (Å²) in [6.07, 6.45) is 7.50. The molecule has 12 nitrogen and oxygen atoms in total. The fourth-order valence-corrected chi connectivity index (χ4v) is 6.47. The first-order valence-corrected chi connectivity index (χ1v) is 20.5. The van der Waals surface area contributed by atoms with Gasteiger partial charge in [0, 0.05) is 75.9 Å². The number of alkyl halides is 1. The summed E-state index contributed by atoms with van der Waals surface area (Å²) in [5.41, 5.74) is 9.70. The first-order chi connectivity index (χ1) is 29.6. The third-order valence-electron chi connectivity index (χ3n) is 9.61. The predicted molar refractivity (Wildman–Crippen MR) is 239 cm³/mol. The van der Waals surface area contributed by atoms with Crippen molar-refractivity contribution < 1.29 is 28.6 Å². The highest BCUT2D eigenvalue weighted by Crippen LogP contribution is 2.22. The topological polar surface area (TPSA) is 145 Å². The number of para-hydroxylation sites is 2. The Kier molecular flexibility index (Phi) is 20.8. The summed E-state index contributed by atoms with van der Waals surface area (Å²) in [6, 6.07) is 23.5. The lowest BCUT2D eigenvalue weighted by molar-refractivity contribution is -0.123. The number of hydrogen-bond donors (Lipinski definition) is 5. The molecule has 4 aromatic rings. The van der Waals surface area contributed by atoms with Gasteiger partial charge in [-0.2, -0.15) is 10.2 Å². The molecule has 0 atom stereocenters. The zero-order valence-electron chi connectivity index (χ0n) is 34.3. The standard InChI is InChI=1S/C23H27FN4O2.C16H22N4O2.C7H6ClF/c1-2-4-19-5-3-6-20(23(19)30)15-25-26-22(29)17-28-13-11-27(12-14-28)16-18-7-9-21(24)10-8-18;1-2-4-13-5-3-6-14(16(13)22)11-18-19-15(21)12-20-9-7-17-8-10-20;8-5-6-1-3-7(9)4-2-6/h2-3,5-10,15,30H,1,4,11-14,16-17H2,(H,26,29);2-3,5-6,11,17,22H,1,4,7-10,12H2,(H,19,21);1-4H,5H2/b25-15+;18-11+;. The van der Waals surface area contributed by atoms with E-state index in [4.69, 9.17) is 11.6 Å². The van der Waals surface area contributed by atoms with Crippen LogP contribution in [0.15, 0.2) is 120 Å². The summed E-state index contributed by atoms with van der Waals surface area (Å²) in [5.74, 6) is -0.0314. The van der Waals surface area contributed by atoms with Crippen LogP contribution in [0, 0.1) is 11.6 Å². The number of allylic oxidation sites excluding steroid dienone is 2. The molecule has 0 unspecified atom stereocenters. The monoisotopic (exact) mass is 856 g/mol. The van der Waals surface area contributed by atoms with Crippen molar-refractivity contribution in [3.63, 3.8) is 0 Å². The average molecular weight is 857 g/mol. The Bertz CT molecular complexity index is 2050. The molecule has 0 saturated carbocycles. The molecule has 2 amide bonds. The number of nitrogens with zero attached hydrogens (tertiary/aromatic N) is 5. The number of hydrazone groups is 2. The van der Waals surface area contributed by atoms with Crippen molar-refractivity contribution in [2.45, 2.75) is 25.3 Å². The number of phenolic OH excluding ortho intramolecular Hbond substituents is 2. The molecular weight excluding hydrogens is 802 g/mol. The van der Waals surface area contributed by atoms with E-state index in [2.05, 4.69) is 54.2 Å². The SMILES string of the molecule is C=CCc1cccc(/C=N/NC(=O)CN2CCN(Cc3ccc(F)cc3)CC2)c1O.C=CCc1cccc(/C=N/NC(=O)CN2CCNCC2)c1O.Fc1ccc(CCl)cc1. The molecule has 5 N–H and O–H groups in total. The van der Waals surface area contributed by atoms with Crippen LogP contribution in [0.5, 0.6) is 11.5 Å². The van der Waals surface area contributed by atoms with Crippen LogP contribution in [0.1, 0.15) is 33.4 Å². The highest BCUT2D eigenvalue weighted by atomic mass is 35.5. The van der Waals surface area contributed by atoms with E-state index >= 15 is 0 Å². The highest BCUT2D eigenvalue weighted by Gasteiger charge is 2.19. The van der Waals surface area contributed by atoms with Crippen LogP contribution >= 0.6 is 11.6 Å². The maximum Gasteiger partial charge on any atom is 0.254 e. The number of hydrogen-bond acceptors (Lipinski definition) is 10. The molecule has 2 aliphatic heterocycles. The maximum atomic E-state index is 13.0. The lowest BCUT2D eigenvalue weighted by Gasteiger charge is -2.34. The van der Waals surface area contributed by atoms with Gasteiger partial charge in [-0.15, -0.1) is 24.8 Å². The van der Waals surface area contributed by atoms with Crippen molar-refractivity contribution in [2.24, 2.45) is 10.2 Å². The van der Waals surface area contributed by atoms with Gasteiger partial charge in [-0.25, -0.2) is 19.6 Å². The second-order valence-electron chi connectivity index (χ2n) is 14.2. The molecule has 2 saturated heterocycles. The van der Waals surface area contributed by atoms with Crippen molar-refractivity contribution in [1.82, 2.24) is 30.9 Å². The van der Waals surface area contributed by atoms with E-state index < -0.39 is 0 Å². The summed E-state index contributed by atoms with van der Waals surface area (Å²) < 4.78 is 25.2. The van der Waals surface area contributed by atoms with Crippen LogP contribution in [0.4, 0.5) is 8.78 Å². The first-order valence-electron chi connectivity index (χ1n) is 20.0. The quantitative estimate of drug-likeness (QED) is 0.0452. The highest BCUT2D eigenvalue weighted by molar-refractivity contribution is 6.17. The van der Waals surface area contributed by atoms with Gasteiger partial charge in [0.2, 0.25) is 0 Å². The molecule has 0 aromatic heterocycles. The van der Waals surface area contributed by atoms with Gasteiger partial charge in [-0.1, -0.05) is 60.7 Å². The Morgan fingerprint density at radius 3 is 1.52 bits per heavy atom. The van der Waals surface area contributed by atoms with Crippen LogP contribution in [-0.4, -0.2) is 115 Å². The molecule has 0 aliphatic carbocycles. The first kappa shape index (κ1) is 47.9. The Morgan fingerprint density at radius 2 is 1.08 bits per heavy atom. The smallest absolute Gasteiger partial charge is 0.254 e. The molecule has 2 aliphatic rings. The van der Waals surface area contributed by atoms with Crippen LogP contribution in [0.2, 0.25) is 0 Å². The summed E-state index contributed by atoms with van der Waals surface area (Å²) in [6.45, 7) is 15.5. The lowest BCUT2D eigenvalue weighted by atomic mass is 10.1. The van der Waals surface area contributed by atoms with Gasteiger partial charge >= 0.3 is 0 Å². The average Bonchev–Trinajstić information content (AvgIpc) is 3.26. The summed E-state index contributed by atoms with van der Waals surface area (Å²) >= 11 is 5.46. The number of nitrogens with one attached hydrogen (secondary N) is 3. The number of aromatic hydroxyl groups is 2. The van der Waals surface area contributed by atoms with E-state index in [9.17, 15) is 28.6 Å².